The van der Waals surface area contributed by atoms with Crippen LogP contribution in [0.25, 0.3) is 0 Å². The van der Waals surface area contributed by atoms with Crippen LogP contribution in [0.15, 0.2) is 47.5 Å². The third-order valence-corrected chi connectivity index (χ3v) is 9.82. The van der Waals surface area contributed by atoms with Gasteiger partial charge >= 0.3 is 0 Å². The summed E-state index contributed by atoms with van der Waals surface area (Å²) in [6.07, 6.45) is 7.33. The van der Waals surface area contributed by atoms with Crippen LogP contribution in [0.3, 0.4) is 0 Å². The van der Waals surface area contributed by atoms with E-state index in [9.17, 15) is 35.2 Å². The number of rotatable bonds is 7. The van der Waals surface area contributed by atoms with Crippen molar-refractivity contribution in [3.8, 4) is 0 Å². The molecule has 2 heterocycles. The Morgan fingerprint density at radius 1 is 0.951 bits per heavy atom. The van der Waals surface area contributed by atoms with Gasteiger partial charge in [-0.3, -0.25) is 9.78 Å². The number of anilines is 1. The van der Waals surface area contributed by atoms with E-state index in [2.05, 4.69) is 4.98 Å². The molecule has 2 aromatic carbocycles. The number of carbonyl (C=O) groups is 1. The van der Waals surface area contributed by atoms with Crippen molar-refractivity contribution in [1.82, 2.24) is 9.29 Å². The van der Waals surface area contributed by atoms with Crippen molar-refractivity contribution in [2.75, 3.05) is 11.4 Å². The first-order valence-electron chi connectivity index (χ1n) is 13.4. The SMILES string of the molecule is Cc1c(F)c(F)c(S(=O)(=O)N2CC[C@@H]2C(=O)N(Cc2ccc(C3CCCCC3)cn2)c2cccc(F)c2)c(F)c1F. The van der Waals surface area contributed by atoms with E-state index >= 15 is 0 Å². The van der Waals surface area contributed by atoms with Crippen molar-refractivity contribution in [3.63, 3.8) is 0 Å². The second kappa shape index (κ2) is 11.5. The van der Waals surface area contributed by atoms with Crippen LogP contribution in [0.5, 0.6) is 0 Å². The first-order valence-corrected chi connectivity index (χ1v) is 14.8. The van der Waals surface area contributed by atoms with Crippen LogP contribution in [0.2, 0.25) is 0 Å². The Morgan fingerprint density at radius 2 is 1.63 bits per heavy atom. The predicted octanol–water partition coefficient (Wildman–Crippen LogP) is 6.13. The Hall–Kier alpha value is -3.38. The fourth-order valence-corrected chi connectivity index (χ4v) is 7.20. The summed E-state index contributed by atoms with van der Waals surface area (Å²) in [5.41, 5.74) is 0.641. The molecule has 1 aromatic heterocycles. The molecule has 3 aromatic rings. The van der Waals surface area contributed by atoms with E-state index in [1.807, 2.05) is 6.07 Å². The van der Waals surface area contributed by atoms with Gasteiger partial charge in [0.15, 0.2) is 28.2 Å². The average Bonchev–Trinajstić information content (AvgIpc) is 2.93. The fourth-order valence-electron chi connectivity index (χ4n) is 5.45. The number of pyridine rings is 1. The molecule has 1 aliphatic heterocycles. The molecule has 1 amide bonds. The Morgan fingerprint density at radius 3 is 2.20 bits per heavy atom. The minimum absolute atomic E-state index is 0.0298. The molecule has 0 unspecified atom stereocenters. The zero-order chi connectivity index (χ0) is 29.5. The van der Waals surface area contributed by atoms with Crippen LogP contribution in [0, 0.1) is 36.0 Å². The maximum absolute atomic E-state index is 14.6. The number of aromatic nitrogens is 1. The quantitative estimate of drug-likeness (QED) is 0.244. The molecule has 6 nitrogen and oxygen atoms in total. The van der Waals surface area contributed by atoms with E-state index < -0.39 is 61.5 Å². The van der Waals surface area contributed by atoms with Gasteiger partial charge in [-0.05, 0) is 61.9 Å². The summed E-state index contributed by atoms with van der Waals surface area (Å²) in [6, 6.07) is 7.34. The highest BCUT2D eigenvalue weighted by atomic mass is 32.2. The highest BCUT2D eigenvalue weighted by Gasteiger charge is 2.47. The van der Waals surface area contributed by atoms with Crippen molar-refractivity contribution in [3.05, 3.63) is 88.5 Å². The molecule has 2 fully saturated rings. The molecule has 1 aliphatic carbocycles. The van der Waals surface area contributed by atoms with Gasteiger partial charge in [-0.25, -0.2) is 30.4 Å². The molecule has 0 radical (unpaired) electrons. The van der Waals surface area contributed by atoms with Crippen LogP contribution in [-0.4, -0.2) is 36.2 Å². The predicted molar refractivity (Wildman–Crippen MR) is 141 cm³/mol. The summed E-state index contributed by atoms with van der Waals surface area (Å²) < 4.78 is 98.8. The fraction of sp³-hybridized carbons (Fsp3) is 0.379. The third-order valence-electron chi connectivity index (χ3n) is 7.90. The van der Waals surface area contributed by atoms with Crippen molar-refractivity contribution < 1.29 is 35.2 Å². The van der Waals surface area contributed by atoms with Crippen LogP contribution in [0.1, 0.15) is 61.3 Å². The third kappa shape index (κ3) is 5.46. The molecule has 218 valence electrons. The standard InChI is InChI=1S/C29H28F5N3O3S/c1-17-24(31)26(33)28(27(34)25(17)32)41(39,40)37-13-12-23(37)29(38)36(22-9-5-8-20(30)14-22)16-21-11-10-19(15-35-21)18-6-3-2-4-7-18/h5,8-11,14-15,18,23H,2-4,6-7,12-13,16H2,1H3/t23-/m1/s1. The number of carbonyl (C=O) groups excluding carboxylic acids is 1. The molecule has 5 rings (SSSR count). The molecule has 1 saturated carbocycles. The highest BCUT2D eigenvalue weighted by Crippen LogP contribution is 2.36. The zero-order valence-electron chi connectivity index (χ0n) is 22.2. The Bertz CT molecular complexity index is 1550. The number of halogens is 5. The largest absolute Gasteiger partial charge is 0.305 e. The van der Waals surface area contributed by atoms with E-state index in [1.54, 1.807) is 12.3 Å². The van der Waals surface area contributed by atoms with Gasteiger partial charge in [-0.1, -0.05) is 31.4 Å². The van der Waals surface area contributed by atoms with E-state index in [4.69, 9.17) is 0 Å². The van der Waals surface area contributed by atoms with Crippen molar-refractivity contribution in [2.24, 2.45) is 0 Å². The number of sulfonamides is 1. The van der Waals surface area contributed by atoms with E-state index in [-0.39, 0.29) is 25.2 Å². The zero-order valence-corrected chi connectivity index (χ0v) is 23.0. The van der Waals surface area contributed by atoms with E-state index in [0.717, 1.165) is 49.1 Å². The molecular formula is C29H28F5N3O3S. The summed E-state index contributed by atoms with van der Waals surface area (Å²) in [6.45, 7) is 0.310. The molecule has 0 spiro atoms. The van der Waals surface area contributed by atoms with Gasteiger partial charge in [0.05, 0.1) is 12.2 Å². The lowest BCUT2D eigenvalue weighted by molar-refractivity contribution is -0.125. The summed E-state index contributed by atoms with van der Waals surface area (Å²) in [5.74, 6) is -8.86. The molecular weight excluding hydrogens is 565 g/mol. The topological polar surface area (TPSA) is 70.6 Å². The van der Waals surface area contributed by atoms with Gasteiger partial charge in [0, 0.05) is 24.0 Å². The minimum atomic E-state index is -5.17. The lowest BCUT2D eigenvalue weighted by Crippen LogP contribution is -2.59. The lowest BCUT2D eigenvalue weighted by atomic mass is 9.85. The smallest absolute Gasteiger partial charge is 0.249 e. The van der Waals surface area contributed by atoms with Gasteiger partial charge in [0.2, 0.25) is 15.9 Å². The molecule has 0 bridgehead atoms. The van der Waals surface area contributed by atoms with E-state index in [1.165, 1.54) is 24.6 Å². The molecule has 0 N–H and O–H groups in total. The second-order valence-electron chi connectivity index (χ2n) is 10.5. The first kappa shape index (κ1) is 29.1. The van der Waals surface area contributed by atoms with Crippen LogP contribution >= 0.6 is 0 Å². The number of nitrogens with zero attached hydrogens (tertiary/aromatic N) is 3. The summed E-state index contributed by atoms with van der Waals surface area (Å²) >= 11 is 0. The van der Waals surface area contributed by atoms with Crippen molar-refractivity contribution >= 4 is 21.6 Å². The molecule has 2 aliphatic rings. The van der Waals surface area contributed by atoms with Crippen LogP contribution < -0.4 is 4.90 Å². The number of amides is 1. The Labute approximate surface area is 234 Å². The highest BCUT2D eigenvalue weighted by molar-refractivity contribution is 7.89. The summed E-state index contributed by atoms with van der Waals surface area (Å²) in [5, 5.41) is 0. The van der Waals surface area contributed by atoms with Crippen molar-refractivity contribution in [1.29, 1.82) is 0 Å². The van der Waals surface area contributed by atoms with Crippen LogP contribution in [0.4, 0.5) is 27.6 Å². The Balaban J connectivity index is 1.45. The van der Waals surface area contributed by atoms with Gasteiger partial charge in [0.25, 0.3) is 0 Å². The van der Waals surface area contributed by atoms with Crippen LogP contribution in [-0.2, 0) is 21.4 Å². The monoisotopic (exact) mass is 593 g/mol. The normalized spacial score (nSPS) is 18.2. The lowest BCUT2D eigenvalue weighted by Gasteiger charge is -2.41. The molecule has 41 heavy (non-hydrogen) atoms. The maximum Gasteiger partial charge on any atom is 0.249 e. The molecule has 1 saturated heterocycles. The number of hydrogen-bond donors (Lipinski definition) is 0. The average molecular weight is 594 g/mol. The first-order chi connectivity index (χ1) is 19.5. The van der Waals surface area contributed by atoms with Gasteiger partial charge in [-0.15, -0.1) is 0 Å². The van der Waals surface area contributed by atoms with Gasteiger partial charge < -0.3 is 4.90 Å². The second-order valence-corrected chi connectivity index (χ2v) is 12.3. The minimum Gasteiger partial charge on any atom is -0.305 e. The maximum atomic E-state index is 14.6. The molecule has 12 heteroatoms. The molecule has 1 atom stereocenters. The van der Waals surface area contributed by atoms with Crippen molar-refractivity contribution in [2.45, 2.75) is 68.8 Å². The van der Waals surface area contributed by atoms with Gasteiger partial charge in [-0.2, -0.15) is 4.31 Å². The Kier molecular flexibility index (Phi) is 8.15. The number of benzene rings is 2. The number of hydrogen-bond acceptors (Lipinski definition) is 4. The van der Waals surface area contributed by atoms with E-state index in [0.29, 0.717) is 15.9 Å². The summed E-state index contributed by atoms with van der Waals surface area (Å²) in [7, 11) is -5.17. The van der Waals surface area contributed by atoms with Gasteiger partial charge in [0.1, 0.15) is 11.9 Å². The summed E-state index contributed by atoms with van der Waals surface area (Å²) in [4.78, 5) is 17.6.